The molecule has 2 nitrogen and oxygen atoms in total. The van der Waals surface area contributed by atoms with Crippen LogP contribution in [0.3, 0.4) is 0 Å². The molecule has 0 unspecified atom stereocenters. The van der Waals surface area contributed by atoms with E-state index in [4.69, 9.17) is 16.3 Å². The molecule has 4 heteroatoms. The lowest BCUT2D eigenvalue weighted by atomic mass is 10.2. The van der Waals surface area contributed by atoms with Crippen LogP contribution >= 0.6 is 27.5 Å². The summed E-state index contributed by atoms with van der Waals surface area (Å²) in [6.45, 7) is 5.94. The normalized spacial score (nSPS) is 10.7. The molecule has 0 fully saturated rings. The Hall–Kier alpha value is -1.03. The zero-order valence-corrected chi connectivity index (χ0v) is 14.6. The molecule has 0 aromatic heterocycles. The van der Waals surface area contributed by atoms with Gasteiger partial charge in [-0.3, -0.25) is 0 Å². The van der Waals surface area contributed by atoms with Crippen LogP contribution in [0, 0.1) is 6.92 Å². The third-order valence-corrected chi connectivity index (χ3v) is 3.86. The quantitative estimate of drug-likeness (QED) is 0.660. The largest absolute Gasteiger partial charge is 0.457 e. The minimum atomic E-state index is 0.680. The lowest BCUT2D eigenvalue weighted by Gasteiger charge is -2.14. The Morgan fingerprint density at radius 3 is 2.67 bits per heavy atom. The summed E-state index contributed by atoms with van der Waals surface area (Å²) in [4.78, 5) is 0. The highest BCUT2D eigenvalue weighted by atomic mass is 79.9. The van der Waals surface area contributed by atoms with Gasteiger partial charge < -0.3 is 10.1 Å². The van der Waals surface area contributed by atoms with Gasteiger partial charge in [0.2, 0.25) is 0 Å². The first-order chi connectivity index (χ1) is 10.1. The van der Waals surface area contributed by atoms with E-state index in [1.165, 1.54) is 0 Å². The van der Waals surface area contributed by atoms with E-state index in [-0.39, 0.29) is 0 Å². The van der Waals surface area contributed by atoms with Crippen LogP contribution in [0.25, 0.3) is 0 Å². The SMILES string of the molecule is CCCNCc1ccc(Cl)cc1Oc1ccc(Br)cc1C. The highest BCUT2D eigenvalue weighted by Crippen LogP contribution is 2.31. The topological polar surface area (TPSA) is 21.3 Å². The predicted octanol–water partition coefficient (Wildman–Crippen LogP) is 5.70. The van der Waals surface area contributed by atoms with E-state index in [0.717, 1.165) is 46.6 Å². The van der Waals surface area contributed by atoms with Crippen molar-refractivity contribution in [3.8, 4) is 11.5 Å². The summed E-state index contributed by atoms with van der Waals surface area (Å²) in [5, 5.41) is 4.07. The molecule has 0 bridgehead atoms. The van der Waals surface area contributed by atoms with Crippen molar-refractivity contribution in [2.24, 2.45) is 0 Å². The minimum Gasteiger partial charge on any atom is -0.457 e. The van der Waals surface area contributed by atoms with Crippen molar-refractivity contribution in [3.05, 3.63) is 57.0 Å². The molecule has 0 radical (unpaired) electrons. The van der Waals surface area contributed by atoms with Gasteiger partial charge in [-0.25, -0.2) is 0 Å². The molecular weight excluding hydrogens is 350 g/mol. The second kappa shape index (κ2) is 7.83. The number of hydrogen-bond donors (Lipinski definition) is 1. The average Bonchev–Trinajstić information content (AvgIpc) is 2.44. The van der Waals surface area contributed by atoms with E-state index in [1.807, 2.05) is 43.3 Å². The third kappa shape index (κ3) is 4.73. The zero-order valence-electron chi connectivity index (χ0n) is 12.2. The fourth-order valence-electron chi connectivity index (χ4n) is 2.02. The summed E-state index contributed by atoms with van der Waals surface area (Å²) in [7, 11) is 0. The maximum Gasteiger partial charge on any atom is 0.133 e. The van der Waals surface area contributed by atoms with Gasteiger partial charge in [-0.2, -0.15) is 0 Å². The van der Waals surface area contributed by atoms with E-state index in [0.29, 0.717) is 5.02 Å². The summed E-state index contributed by atoms with van der Waals surface area (Å²) in [5.41, 5.74) is 2.19. The molecular formula is C17H19BrClNO. The molecule has 1 N–H and O–H groups in total. The highest BCUT2D eigenvalue weighted by Gasteiger charge is 2.08. The van der Waals surface area contributed by atoms with Crippen molar-refractivity contribution < 1.29 is 4.74 Å². The Balaban J connectivity index is 2.22. The summed E-state index contributed by atoms with van der Waals surface area (Å²) in [6.07, 6.45) is 1.11. The number of rotatable bonds is 6. The first-order valence-electron chi connectivity index (χ1n) is 7.03. The number of hydrogen-bond acceptors (Lipinski definition) is 2. The fraction of sp³-hybridized carbons (Fsp3) is 0.294. The Labute approximate surface area is 139 Å². The monoisotopic (exact) mass is 367 g/mol. The molecule has 0 aliphatic carbocycles. The van der Waals surface area contributed by atoms with Gasteiger partial charge in [0.05, 0.1) is 0 Å². The maximum atomic E-state index is 6.10. The van der Waals surface area contributed by atoms with Gasteiger partial charge in [-0.1, -0.05) is 40.5 Å². The van der Waals surface area contributed by atoms with Crippen LogP contribution in [0.1, 0.15) is 24.5 Å². The molecule has 0 saturated heterocycles. The smallest absolute Gasteiger partial charge is 0.133 e. The van der Waals surface area contributed by atoms with Gasteiger partial charge in [0.25, 0.3) is 0 Å². The second-order valence-electron chi connectivity index (χ2n) is 4.94. The highest BCUT2D eigenvalue weighted by molar-refractivity contribution is 9.10. The molecule has 0 aliphatic rings. The van der Waals surface area contributed by atoms with Gasteiger partial charge >= 0.3 is 0 Å². The van der Waals surface area contributed by atoms with Crippen LogP contribution in [0.4, 0.5) is 0 Å². The van der Waals surface area contributed by atoms with Crippen LogP contribution in [0.15, 0.2) is 40.9 Å². The van der Waals surface area contributed by atoms with E-state index < -0.39 is 0 Å². The summed E-state index contributed by atoms with van der Waals surface area (Å²) >= 11 is 9.56. The van der Waals surface area contributed by atoms with E-state index in [9.17, 15) is 0 Å². The molecule has 2 aromatic carbocycles. The number of ether oxygens (including phenoxy) is 1. The molecule has 2 rings (SSSR count). The van der Waals surface area contributed by atoms with E-state index >= 15 is 0 Å². The van der Waals surface area contributed by atoms with Crippen molar-refractivity contribution in [3.63, 3.8) is 0 Å². The second-order valence-corrected chi connectivity index (χ2v) is 6.29. The van der Waals surface area contributed by atoms with E-state index in [2.05, 4.69) is 28.2 Å². The fourth-order valence-corrected chi connectivity index (χ4v) is 2.65. The first kappa shape index (κ1) is 16.3. The number of nitrogens with one attached hydrogen (secondary N) is 1. The summed E-state index contributed by atoms with van der Waals surface area (Å²) in [6, 6.07) is 11.7. The standard InChI is InChI=1S/C17H19BrClNO/c1-3-8-20-11-13-4-6-15(19)10-17(13)21-16-7-5-14(18)9-12(16)2/h4-7,9-10,20H,3,8,11H2,1-2H3. The molecule has 0 aliphatic heterocycles. The van der Waals surface area contributed by atoms with Gasteiger partial charge in [0.1, 0.15) is 11.5 Å². The zero-order chi connectivity index (χ0) is 15.2. The number of aryl methyl sites for hydroxylation is 1. The lowest BCUT2D eigenvalue weighted by molar-refractivity contribution is 0.469. The number of benzene rings is 2. The van der Waals surface area contributed by atoms with Crippen molar-refractivity contribution in [2.75, 3.05) is 6.54 Å². The summed E-state index contributed by atoms with van der Waals surface area (Å²) in [5.74, 6) is 1.65. The minimum absolute atomic E-state index is 0.680. The molecule has 0 heterocycles. The summed E-state index contributed by atoms with van der Waals surface area (Å²) < 4.78 is 7.11. The van der Waals surface area contributed by atoms with Crippen LogP contribution in [0.2, 0.25) is 5.02 Å². The molecule has 21 heavy (non-hydrogen) atoms. The average molecular weight is 369 g/mol. The Morgan fingerprint density at radius 1 is 1.14 bits per heavy atom. The van der Waals surface area contributed by atoms with Gasteiger partial charge in [0, 0.05) is 21.6 Å². The predicted molar refractivity (Wildman–Crippen MR) is 92.4 cm³/mol. The Bertz CT molecular complexity index is 616. The number of halogens is 2. The van der Waals surface area contributed by atoms with Gasteiger partial charge in [-0.05, 0) is 55.8 Å². The molecule has 0 spiro atoms. The van der Waals surface area contributed by atoms with Crippen molar-refractivity contribution >= 4 is 27.5 Å². The van der Waals surface area contributed by atoms with Crippen molar-refractivity contribution in [1.82, 2.24) is 5.32 Å². The molecule has 0 atom stereocenters. The van der Waals surface area contributed by atoms with Crippen LogP contribution < -0.4 is 10.1 Å². The maximum absolute atomic E-state index is 6.10. The molecule has 2 aromatic rings. The molecule has 112 valence electrons. The first-order valence-corrected chi connectivity index (χ1v) is 8.20. The van der Waals surface area contributed by atoms with Gasteiger partial charge in [-0.15, -0.1) is 0 Å². The molecule has 0 saturated carbocycles. The lowest BCUT2D eigenvalue weighted by Crippen LogP contribution is -2.14. The van der Waals surface area contributed by atoms with Crippen LogP contribution in [-0.4, -0.2) is 6.54 Å². The van der Waals surface area contributed by atoms with Crippen molar-refractivity contribution in [1.29, 1.82) is 0 Å². The Kier molecular flexibility index (Phi) is 6.09. The van der Waals surface area contributed by atoms with Crippen molar-refractivity contribution in [2.45, 2.75) is 26.8 Å². The van der Waals surface area contributed by atoms with Gasteiger partial charge in [0.15, 0.2) is 0 Å². The van der Waals surface area contributed by atoms with Crippen LogP contribution in [0.5, 0.6) is 11.5 Å². The molecule has 0 amide bonds. The third-order valence-electron chi connectivity index (χ3n) is 3.13. The Morgan fingerprint density at radius 2 is 1.95 bits per heavy atom. The van der Waals surface area contributed by atoms with Crippen LogP contribution in [-0.2, 0) is 6.54 Å². The van der Waals surface area contributed by atoms with E-state index in [1.54, 1.807) is 0 Å².